The molecular formula is C36H45ClN2O7S. The number of aliphatic hydroxyl groups excluding tert-OH is 1. The number of amides is 1. The lowest BCUT2D eigenvalue weighted by Gasteiger charge is -2.45. The number of carbonyl (C=O) groups excluding carboxylic acids is 2. The number of benzene rings is 2. The minimum Gasteiger partial charge on any atom is -0.490 e. The summed E-state index contributed by atoms with van der Waals surface area (Å²) in [5, 5.41) is 10.8. The topological polar surface area (TPSA) is 122 Å². The van der Waals surface area contributed by atoms with E-state index in [9.17, 15) is 23.1 Å². The molecule has 9 nitrogen and oxygen atoms in total. The van der Waals surface area contributed by atoms with E-state index in [-0.39, 0.29) is 22.8 Å². The first-order valence-corrected chi connectivity index (χ1v) is 18.7. The highest BCUT2D eigenvalue weighted by atomic mass is 35.5. The van der Waals surface area contributed by atoms with Gasteiger partial charge in [-0.3, -0.25) is 9.59 Å². The van der Waals surface area contributed by atoms with Crippen molar-refractivity contribution in [2.45, 2.75) is 88.6 Å². The number of nitrogens with one attached hydrogen (secondary N) is 1. The van der Waals surface area contributed by atoms with E-state index in [1.54, 1.807) is 51.1 Å². The molecule has 2 aromatic carbocycles. The van der Waals surface area contributed by atoms with E-state index in [1.807, 2.05) is 12.1 Å². The highest BCUT2D eigenvalue weighted by Gasteiger charge is 2.44. The van der Waals surface area contributed by atoms with Gasteiger partial charge in [-0.05, 0) is 112 Å². The van der Waals surface area contributed by atoms with Crippen LogP contribution in [0.5, 0.6) is 5.75 Å². The van der Waals surface area contributed by atoms with E-state index in [2.05, 4.69) is 15.7 Å². The first kappa shape index (κ1) is 33.8. The molecule has 4 aliphatic rings. The second kappa shape index (κ2) is 13.4. The molecule has 0 aromatic heterocycles. The van der Waals surface area contributed by atoms with Crippen LogP contribution in [0.15, 0.2) is 48.6 Å². The molecule has 6 rings (SSSR count). The SMILES string of the molecule is CC(C)OC(=O)C[C@@H]1[C@H](C)C/C=C\[C@H](O)[C@@H]2CC[C@H]2CN2C[C@@]3(CCCc4cc(Cl)ccc43)COc3ccc(cc32)C(=O)NS1(=O)=O. The summed E-state index contributed by atoms with van der Waals surface area (Å²) in [7, 11) is -4.30. The summed E-state index contributed by atoms with van der Waals surface area (Å²) in [5.41, 5.74) is 3.04. The van der Waals surface area contributed by atoms with Gasteiger partial charge in [0.25, 0.3) is 5.91 Å². The lowest BCUT2D eigenvalue weighted by Crippen LogP contribution is -2.49. The smallest absolute Gasteiger partial charge is 0.307 e. The van der Waals surface area contributed by atoms with E-state index in [0.29, 0.717) is 36.9 Å². The highest BCUT2D eigenvalue weighted by molar-refractivity contribution is 7.90. The Bertz CT molecular complexity index is 1660. The van der Waals surface area contributed by atoms with E-state index < -0.39 is 51.7 Å². The van der Waals surface area contributed by atoms with E-state index in [1.165, 1.54) is 11.1 Å². The maximum atomic E-state index is 13.7. The standard InChI is InChI=1S/C36H45ClN2O7S/c1-22(2)46-34(41)18-33-23(3)6-4-8-31(40)28-12-9-26(28)19-39-20-36(15-5-7-24-16-27(37)11-13-29(24)36)21-45-32-14-10-25(17-30(32)39)35(42)38-47(33,43)44/h4,8,10-11,13-14,16-17,22-23,26,28,31,33,40H,5-7,9,12,15,18-21H2,1-3H3,(H,38,42)/b8-4-/t23-,26+,28-,31+,33-,36+/m1/s1. The van der Waals surface area contributed by atoms with Gasteiger partial charge in [0.15, 0.2) is 0 Å². The van der Waals surface area contributed by atoms with Crippen molar-refractivity contribution < 1.29 is 32.6 Å². The van der Waals surface area contributed by atoms with E-state index in [4.69, 9.17) is 21.1 Å². The summed E-state index contributed by atoms with van der Waals surface area (Å²) in [5.74, 6) is -1.06. The Morgan fingerprint density at radius 1 is 1.21 bits per heavy atom. The molecule has 1 spiro atoms. The predicted molar refractivity (Wildman–Crippen MR) is 181 cm³/mol. The van der Waals surface area contributed by atoms with Crippen molar-refractivity contribution >= 4 is 39.2 Å². The molecule has 2 aliphatic carbocycles. The number of fused-ring (bicyclic) bond motifs is 4. The molecule has 1 fully saturated rings. The molecule has 0 unspecified atom stereocenters. The normalized spacial score (nSPS) is 31.0. The van der Waals surface area contributed by atoms with Crippen molar-refractivity contribution in [1.29, 1.82) is 0 Å². The van der Waals surface area contributed by atoms with Crippen molar-refractivity contribution in [3.63, 3.8) is 0 Å². The predicted octanol–water partition coefficient (Wildman–Crippen LogP) is 5.57. The summed E-state index contributed by atoms with van der Waals surface area (Å²) >= 11 is 6.40. The number of aryl methyl sites for hydroxylation is 1. The molecule has 254 valence electrons. The van der Waals surface area contributed by atoms with Crippen molar-refractivity contribution in [1.82, 2.24) is 4.72 Å². The Morgan fingerprint density at radius 2 is 2.02 bits per heavy atom. The first-order valence-electron chi connectivity index (χ1n) is 16.8. The molecule has 2 heterocycles. The number of hydrogen-bond donors (Lipinski definition) is 2. The maximum absolute atomic E-state index is 13.7. The van der Waals surface area contributed by atoms with Gasteiger partial charge in [-0.2, -0.15) is 0 Å². The van der Waals surface area contributed by atoms with Crippen LogP contribution in [-0.2, 0) is 31.4 Å². The van der Waals surface area contributed by atoms with Crippen LogP contribution in [0, 0.1) is 17.8 Å². The van der Waals surface area contributed by atoms with Gasteiger partial charge in [0.05, 0.1) is 36.2 Å². The Labute approximate surface area is 282 Å². The van der Waals surface area contributed by atoms with Gasteiger partial charge in [0.1, 0.15) is 5.75 Å². The van der Waals surface area contributed by atoms with Gasteiger partial charge in [0, 0.05) is 29.1 Å². The third-order valence-corrected chi connectivity index (χ3v) is 12.6. The number of halogens is 1. The molecule has 11 heteroatoms. The second-order valence-corrected chi connectivity index (χ2v) is 16.5. The van der Waals surface area contributed by atoms with Crippen LogP contribution in [-0.4, -0.2) is 62.6 Å². The number of rotatable bonds is 3. The first-order chi connectivity index (χ1) is 22.3. The lowest BCUT2D eigenvalue weighted by molar-refractivity contribution is -0.147. The number of ether oxygens (including phenoxy) is 2. The molecule has 1 amide bonds. The van der Waals surface area contributed by atoms with Crippen LogP contribution in [0.25, 0.3) is 0 Å². The molecule has 2 bridgehead atoms. The summed E-state index contributed by atoms with van der Waals surface area (Å²) in [6, 6.07) is 11.1. The Kier molecular flexibility index (Phi) is 9.67. The van der Waals surface area contributed by atoms with Gasteiger partial charge < -0.3 is 19.5 Å². The van der Waals surface area contributed by atoms with Crippen LogP contribution in [0.2, 0.25) is 5.02 Å². The highest BCUT2D eigenvalue weighted by Crippen LogP contribution is 2.46. The van der Waals surface area contributed by atoms with Crippen LogP contribution in [0.1, 0.15) is 80.8 Å². The fraction of sp³-hybridized carbons (Fsp3) is 0.556. The van der Waals surface area contributed by atoms with Crippen LogP contribution >= 0.6 is 11.6 Å². The van der Waals surface area contributed by atoms with Gasteiger partial charge in [-0.15, -0.1) is 0 Å². The quantitative estimate of drug-likeness (QED) is 0.318. The lowest BCUT2D eigenvalue weighted by atomic mass is 9.68. The number of esters is 1. The summed E-state index contributed by atoms with van der Waals surface area (Å²) in [6.07, 6.45) is 7.09. The zero-order valence-corrected chi connectivity index (χ0v) is 28.9. The van der Waals surface area contributed by atoms with Gasteiger partial charge in [0.2, 0.25) is 10.0 Å². The van der Waals surface area contributed by atoms with Crippen molar-refractivity contribution in [2.24, 2.45) is 17.8 Å². The fourth-order valence-corrected chi connectivity index (χ4v) is 9.69. The maximum Gasteiger partial charge on any atom is 0.307 e. The molecule has 0 saturated heterocycles. The largest absolute Gasteiger partial charge is 0.490 e. The second-order valence-electron chi connectivity index (χ2n) is 14.2. The monoisotopic (exact) mass is 684 g/mol. The number of hydrogen-bond acceptors (Lipinski definition) is 8. The van der Waals surface area contributed by atoms with Gasteiger partial charge >= 0.3 is 5.97 Å². The minimum atomic E-state index is -4.30. The Balaban J connectivity index is 1.39. The average Bonchev–Trinajstić information content (AvgIpc) is 3.13. The summed E-state index contributed by atoms with van der Waals surface area (Å²) in [4.78, 5) is 28.6. The Hall–Kier alpha value is -3.08. The number of anilines is 1. The average molecular weight is 685 g/mol. The molecular weight excluding hydrogens is 640 g/mol. The zero-order chi connectivity index (χ0) is 33.5. The summed E-state index contributed by atoms with van der Waals surface area (Å²) < 4.78 is 41.6. The molecule has 0 radical (unpaired) electrons. The van der Waals surface area contributed by atoms with Gasteiger partial charge in [-0.1, -0.05) is 36.7 Å². The molecule has 2 aliphatic heterocycles. The van der Waals surface area contributed by atoms with E-state index in [0.717, 1.165) is 37.8 Å². The fourth-order valence-electron chi connectivity index (χ4n) is 7.89. The van der Waals surface area contributed by atoms with Crippen LogP contribution < -0.4 is 14.4 Å². The third-order valence-electron chi connectivity index (χ3n) is 10.5. The number of aliphatic hydroxyl groups is 1. The van der Waals surface area contributed by atoms with Gasteiger partial charge in [-0.25, -0.2) is 13.1 Å². The van der Waals surface area contributed by atoms with Crippen molar-refractivity contribution in [3.8, 4) is 5.75 Å². The number of allylic oxidation sites excluding steroid dienone is 1. The van der Waals surface area contributed by atoms with Crippen molar-refractivity contribution in [2.75, 3.05) is 24.6 Å². The molecule has 47 heavy (non-hydrogen) atoms. The molecule has 1 saturated carbocycles. The number of carbonyl (C=O) groups is 2. The third kappa shape index (κ3) is 7.06. The Morgan fingerprint density at radius 3 is 2.77 bits per heavy atom. The molecule has 6 atom stereocenters. The van der Waals surface area contributed by atoms with E-state index >= 15 is 0 Å². The van der Waals surface area contributed by atoms with Crippen molar-refractivity contribution in [3.05, 3.63) is 70.3 Å². The zero-order valence-electron chi connectivity index (χ0n) is 27.3. The minimum absolute atomic E-state index is 0.0440. The number of nitrogens with zero attached hydrogens (tertiary/aromatic N) is 1. The summed E-state index contributed by atoms with van der Waals surface area (Å²) in [6.45, 7) is 6.89. The molecule has 2 N–H and O–H groups in total. The van der Waals surface area contributed by atoms with Crippen LogP contribution in [0.4, 0.5) is 5.69 Å². The van der Waals surface area contributed by atoms with Crippen LogP contribution in [0.3, 0.4) is 0 Å². The number of sulfonamides is 1. The molecule has 2 aromatic rings.